The van der Waals surface area contributed by atoms with Gasteiger partial charge in [-0.05, 0) is 51.1 Å². The highest BCUT2D eigenvalue weighted by atomic mass is 35.5. The maximum absolute atomic E-state index is 12.3. The van der Waals surface area contributed by atoms with Crippen LogP contribution < -0.4 is 10.6 Å². The zero-order valence-electron chi connectivity index (χ0n) is 12.7. The number of carbonyl (C=O) groups excluding carboxylic acids is 1. The number of halogens is 1. The molecule has 3 rings (SSSR count). The molecule has 2 saturated heterocycles. The lowest BCUT2D eigenvalue weighted by Gasteiger charge is -2.24. The van der Waals surface area contributed by atoms with Crippen LogP contribution in [0.1, 0.15) is 32.6 Å². The number of amides is 1. The summed E-state index contributed by atoms with van der Waals surface area (Å²) in [6.07, 6.45) is 4.56. The molecule has 3 fully saturated rings. The number of carbonyl (C=O) groups is 1. The molecule has 0 radical (unpaired) electrons. The van der Waals surface area contributed by atoms with Crippen molar-refractivity contribution in [1.29, 1.82) is 0 Å². The Balaban J connectivity index is 0.00000161. The van der Waals surface area contributed by atoms with Crippen molar-refractivity contribution < 1.29 is 14.3 Å². The summed E-state index contributed by atoms with van der Waals surface area (Å²) in [4.78, 5) is 12.3. The molecule has 2 N–H and O–H groups in total. The zero-order chi connectivity index (χ0) is 14.0. The molecule has 122 valence electrons. The second-order valence-electron chi connectivity index (χ2n) is 6.60. The van der Waals surface area contributed by atoms with Gasteiger partial charge in [0, 0.05) is 18.6 Å². The van der Waals surface area contributed by atoms with Crippen LogP contribution in [-0.2, 0) is 14.3 Å². The van der Waals surface area contributed by atoms with Crippen molar-refractivity contribution in [3.63, 3.8) is 0 Å². The largest absolute Gasteiger partial charge is 0.379 e. The second-order valence-corrected chi connectivity index (χ2v) is 6.60. The van der Waals surface area contributed by atoms with Crippen LogP contribution in [0.4, 0.5) is 0 Å². The number of nitrogens with one attached hydrogen (secondary N) is 2. The zero-order valence-corrected chi connectivity index (χ0v) is 13.5. The van der Waals surface area contributed by atoms with Crippen LogP contribution in [0.5, 0.6) is 0 Å². The van der Waals surface area contributed by atoms with E-state index in [1.165, 1.54) is 0 Å². The number of rotatable bonds is 5. The summed E-state index contributed by atoms with van der Waals surface area (Å²) in [5.41, 5.74) is 0.315. The summed E-state index contributed by atoms with van der Waals surface area (Å²) in [5.74, 6) is 0.465. The van der Waals surface area contributed by atoms with Crippen LogP contribution in [0.15, 0.2) is 0 Å². The van der Waals surface area contributed by atoms with Gasteiger partial charge >= 0.3 is 0 Å². The van der Waals surface area contributed by atoms with Gasteiger partial charge in [0.05, 0.1) is 19.3 Å². The molecular weight excluding hydrogens is 292 g/mol. The minimum absolute atomic E-state index is 0. The van der Waals surface area contributed by atoms with Crippen molar-refractivity contribution in [3.8, 4) is 0 Å². The first kappa shape index (κ1) is 17.0. The maximum atomic E-state index is 12.3. The molecule has 3 atom stereocenters. The molecule has 1 saturated carbocycles. The van der Waals surface area contributed by atoms with Gasteiger partial charge in [0.25, 0.3) is 0 Å². The Labute approximate surface area is 132 Å². The molecule has 2 aliphatic heterocycles. The van der Waals surface area contributed by atoms with Gasteiger partial charge in [-0.2, -0.15) is 0 Å². The van der Waals surface area contributed by atoms with E-state index < -0.39 is 0 Å². The molecule has 6 heteroatoms. The van der Waals surface area contributed by atoms with E-state index in [0.717, 1.165) is 45.4 Å². The van der Waals surface area contributed by atoms with Gasteiger partial charge < -0.3 is 20.1 Å². The Morgan fingerprint density at radius 1 is 1.48 bits per heavy atom. The van der Waals surface area contributed by atoms with Crippen LogP contribution in [0.25, 0.3) is 0 Å². The lowest BCUT2D eigenvalue weighted by Crippen LogP contribution is -2.40. The van der Waals surface area contributed by atoms with Crippen molar-refractivity contribution >= 4 is 18.3 Å². The van der Waals surface area contributed by atoms with Crippen molar-refractivity contribution in [3.05, 3.63) is 0 Å². The normalized spacial score (nSPS) is 31.5. The smallest absolute Gasteiger partial charge is 0.223 e. The third kappa shape index (κ3) is 4.09. The van der Waals surface area contributed by atoms with E-state index in [0.29, 0.717) is 18.6 Å². The highest BCUT2D eigenvalue weighted by Gasteiger charge is 2.57. The van der Waals surface area contributed by atoms with Gasteiger partial charge in [0.2, 0.25) is 5.91 Å². The summed E-state index contributed by atoms with van der Waals surface area (Å²) in [6.45, 7) is 6.21. The van der Waals surface area contributed by atoms with Crippen LogP contribution in [0.2, 0.25) is 0 Å². The molecular formula is C15H27ClN2O3. The lowest BCUT2D eigenvalue weighted by atomic mass is 9.91. The van der Waals surface area contributed by atoms with E-state index in [1.807, 2.05) is 6.92 Å². The van der Waals surface area contributed by atoms with Gasteiger partial charge in [-0.3, -0.25) is 4.79 Å². The Morgan fingerprint density at radius 3 is 2.90 bits per heavy atom. The fourth-order valence-corrected chi connectivity index (χ4v) is 3.51. The fraction of sp³-hybridized carbons (Fsp3) is 0.933. The first-order chi connectivity index (χ1) is 9.70. The average molecular weight is 319 g/mol. The molecule has 3 aliphatic rings. The van der Waals surface area contributed by atoms with Gasteiger partial charge in [-0.25, -0.2) is 0 Å². The van der Waals surface area contributed by atoms with Crippen LogP contribution in [0, 0.1) is 11.3 Å². The number of ether oxygens (including phenoxy) is 2. The number of hydrogen-bond acceptors (Lipinski definition) is 4. The van der Waals surface area contributed by atoms with E-state index in [-0.39, 0.29) is 36.4 Å². The van der Waals surface area contributed by atoms with Gasteiger partial charge in [-0.1, -0.05) is 0 Å². The fourth-order valence-electron chi connectivity index (χ4n) is 3.51. The van der Waals surface area contributed by atoms with E-state index in [1.54, 1.807) is 0 Å². The summed E-state index contributed by atoms with van der Waals surface area (Å²) < 4.78 is 11.0. The predicted octanol–water partition coefficient (Wildman–Crippen LogP) is 1.11. The standard InChI is InChI=1S/C15H26N2O3.ClH/c1-11(9-20-12-2-7-19-10-12)17-14(18)13-8-15(13)3-5-16-6-4-15;/h11-13,16H,2-10H2,1H3,(H,17,18);1H. The Morgan fingerprint density at radius 2 is 2.24 bits per heavy atom. The van der Waals surface area contributed by atoms with E-state index in [4.69, 9.17) is 9.47 Å². The van der Waals surface area contributed by atoms with Crippen molar-refractivity contribution in [2.24, 2.45) is 11.3 Å². The molecule has 0 aromatic carbocycles. The van der Waals surface area contributed by atoms with Crippen molar-refractivity contribution in [2.75, 3.05) is 32.9 Å². The lowest BCUT2D eigenvalue weighted by molar-refractivity contribution is -0.124. The topological polar surface area (TPSA) is 59.6 Å². The van der Waals surface area contributed by atoms with Crippen LogP contribution in [0.3, 0.4) is 0 Å². The molecule has 1 spiro atoms. The number of hydrogen-bond donors (Lipinski definition) is 2. The highest BCUT2D eigenvalue weighted by molar-refractivity contribution is 5.85. The molecule has 5 nitrogen and oxygen atoms in total. The first-order valence-electron chi connectivity index (χ1n) is 7.90. The van der Waals surface area contributed by atoms with Crippen molar-refractivity contribution in [2.45, 2.75) is 44.8 Å². The third-order valence-corrected chi connectivity index (χ3v) is 4.96. The Hall–Kier alpha value is -0.360. The highest BCUT2D eigenvalue weighted by Crippen LogP contribution is 2.58. The molecule has 0 aromatic rings. The van der Waals surface area contributed by atoms with Gasteiger partial charge in [0.15, 0.2) is 0 Å². The minimum atomic E-state index is 0. The molecule has 21 heavy (non-hydrogen) atoms. The molecule has 3 unspecified atom stereocenters. The predicted molar refractivity (Wildman–Crippen MR) is 82.7 cm³/mol. The summed E-state index contributed by atoms with van der Waals surface area (Å²) in [5, 5.41) is 6.48. The Bertz CT molecular complexity index is 355. The molecule has 0 bridgehead atoms. The SMILES string of the molecule is CC(COC1CCOC1)NC(=O)C1CC12CCNCC2.Cl. The monoisotopic (exact) mass is 318 g/mol. The van der Waals surface area contributed by atoms with Gasteiger partial charge in [-0.15, -0.1) is 12.4 Å². The maximum Gasteiger partial charge on any atom is 0.223 e. The van der Waals surface area contributed by atoms with Crippen molar-refractivity contribution in [1.82, 2.24) is 10.6 Å². The van der Waals surface area contributed by atoms with Gasteiger partial charge in [0.1, 0.15) is 0 Å². The molecule has 1 aliphatic carbocycles. The molecule has 1 amide bonds. The average Bonchev–Trinajstić information content (AvgIpc) is 2.89. The molecule has 2 heterocycles. The van der Waals surface area contributed by atoms with Crippen LogP contribution >= 0.6 is 12.4 Å². The summed E-state index contributed by atoms with van der Waals surface area (Å²) in [6, 6.07) is 0.0856. The second kappa shape index (κ2) is 7.27. The third-order valence-electron chi connectivity index (χ3n) is 4.96. The summed E-state index contributed by atoms with van der Waals surface area (Å²) in [7, 11) is 0. The van der Waals surface area contributed by atoms with E-state index >= 15 is 0 Å². The summed E-state index contributed by atoms with van der Waals surface area (Å²) >= 11 is 0. The Kier molecular flexibility index (Phi) is 5.88. The molecule has 0 aromatic heterocycles. The van der Waals surface area contributed by atoms with E-state index in [9.17, 15) is 4.79 Å². The van der Waals surface area contributed by atoms with Crippen LogP contribution in [-0.4, -0.2) is 51.0 Å². The quantitative estimate of drug-likeness (QED) is 0.797. The number of piperidine rings is 1. The first-order valence-corrected chi connectivity index (χ1v) is 7.90. The minimum Gasteiger partial charge on any atom is -0.379 e. The van der Waals surface area contributed by atoms with E-state index in [2.05, 4.69) is 10.6 Å².